The molecule has 1 aromatic carbocycles. The summed E-state index contributed by atoms with van der Waals surface area (Å²) < 4.78 is 0. The number of rotatable bonds is 4. The highest BCUT2D eigenvalue weighted by atomic mass is 16.1. The number of nitrogens with two attached hydrogens (primary N) is 1. The molecule has 0 aromatic heterocycles. The van der Waals surface area contributed by atoms with Crippen LogP contribution in [0.5, 0.6) is 0 Å². The van der Waals surface area contributed by atoms with Gasteiger partial charge in [-0.2, -0.15) is 0 Å². The van der Waals surface area contributed by atoms with E-state index in [4.69, 9.17) is 5.73 Å². The summed E-state index contributed by atoms with van der Waals surface area (Å²) in [5, 5.41) is 3.19. The number of carbonyl (C=O) groups excluding carboxylic acids is 1. The summed E-state index contributed by atoms with van der Waals surface area (Å²) in [6.07, 6.45) is 8.87. The van der Waals surface area contributed by atoms with Gasteiger partial charge in [-0.25, -0.2) is 0 Å². The zero-order chi connectivity index (χ0) is 14.7. The maximum Gasteiger partial charge on any atom is 0.224 e. The highest BCUT2D eigenvalue weighted by Crippen LogP contribution is 2.25. The van der Waals surface area contributed by atoms with Crippen LogP contribution in [0.2, 0.25) is 0 Å². The summed E-state index contributed by atoms with van der Waals surface area (Å²) in [4.78, 5) is 12.2. The molecule has 0 bridgehead atoms. The first-order valence-electron chi connectivity index (χ1n) is 8.36. The Labute approximate surface area is 127 Å². The zero-order valence-electron chi connectivity index (χ0n) is 12.7. The van der Waals surface area contributed by atoms with Crippen molar-refractivity contribution in [3.05, 3.63) is 34.9 Å². The van der Waals surface area contributed by atoms with Gasteiger partial charge >= 0.3 is 0 Å². The third-order valence-corrected chi connectivity index (χ3v) is 5.09. The minimum atomic E-state index is 0.149. The minimum absolute atomic E-state index is 0.149. The second-order valence-electron chi connectivity index (χ2n) is 6.59. The zero-order valence-corrected chi connectivity index (χ0v) is 12.7. The van der Waals surface area contributed by atoms with Gasteiger partial charge in [-0.15, -0.1) is 0 Å². The normalized spacial score (nSPS) is 24.6. The molecule has 0 spiro atoms. The van der Waals surface area contributed by atoms with Crippen molar-refractivity contribution in [3.63, 3.8) is 0 Å². The van der Waals surface area contributed by atoms with E-state index in [1.165, 1.54) is 43.2 Å². The van der Waals surface area contributed by atoms with Crippen molar-refractivity contribution in [2.75, 3.05) is 6.54 Å². The van der Waals surface area contributed by atoms with Crippen LogP contribution < -0.4 is 11.1 Å². The molecule has 2 aliphatic rings. The number of nitrogens with one attached hydrogen (secondary N) is 1. The van der Waals surface area contributed by atoms with Crippen molar-refractivity contribution < 1.29 is 4.79 Å². The van der Waals surface area contributed by atoms with E-state index in [0.717, 1.165) is 18.4 Å². The van der Waals surface area contributed by atoms with E-state index in [0.29, 0.717) is 24.9 Å². The molecule has 3 rings (SSSR count). The Morgan fingerprint density at radius 3 is 2.76 bits per heavy atom. The van der Waals surface area contributed by atoms with Crippen LogP contribution in [-0.2, 0) is 24.1 Å². The van der Waals surface area contributed by atoms with E-state index < -0.39 is 0 Å². The molecule has 21 heavy (non-hydrogen) atoms. The molecule has 114 valence electrons. The van der Waals surface area contributed by atoms with Crippen LogP contribution in [0.4, 0.5) is 0 Å². The van der Waals surface area contributed by atoms with E-state index in [1.807, 2.05) is 0 Å². The molecular formula is C18H26N2O. The highest BCUT2D eigenvalue weighted by molar-refractivity contribution is 5.79. The second kappa shape index (κ2) is 6.61. The first-order chi connectivity index (χ1) is 10.3. The monoisotopic (exact) mass is 286 g/mol. The van der Waals surface area contributed by atoms with Gasteiger partial charge in [-0.1, -0.05) is 24.6 Å². The van der Waals surface area contributed by atoms with Gasteiger partial charge in [0.15, 0.2) is 0 Å². The molecule has 0 aliphatic heterocycles. The largest absolute Gasteiger partial charge is 0.353 e. The first-order valence-corrected chi connectivity index (χ1v) is 8.36. The predicted molar refractivity (Wildman–Crippen MR) is 85.1 cm³/mol. The average Bonchev–Trinajstić information content (AvgIpc) is 2.94. The predicted octanol–water partition coefficient (Wildman–Crippen LogP) is 2.35. The quantitative estimate of drug-likeness (QED) is 0.892. The summed E-state index contributed by atoms with van der Waals surface area (Å²) in [7, 11) is 0. The Kier molecular flexibility index (Phi) is 4.59. The summed E-state index contributed by atoms with van der Waals surface area (Å²) in [6, 6.07) is 6.87. The second-order valence-corrected chi connectivity index (χ2v) is 6.59. The molecule has 3 heteroatoms. The van der Waals surface area contributed by atoms with Crippen LogP contribution in [0.15, 0.2) is 18.2 Å². The van der Waals surface area contributed by atoms with Gasteiger partial charge < -0.3 is 11.1 Å². The molecule has 0 radical (unpaired) electrons. The summed E-state index contributed by atoms with van der Waals surface area (Å²) in [5.41, 5.74) is 9.85. The van der Waals surface area contributed by atoms with Crippen LogP contribution in [0.1, 0.15) is 48.8 Å². The molecule has 0 heterocycles. The first kappa shape index (κ1) is 14.6. The molecule has 3 N–H and O–H groups in total. The summed E-state index contributed by atoms with van der Waals surface area (Å²) >= 11 is 0. The summed E-state index contributed by atoms with van der Waals surface area (Å²) in [5.74, 6) is 0.619. The number of hydrogen-bond acceptors (Lipinski definition) is 2. The fourth-order valence-electron chi connectivity index (χ4n) is 3.85. The van der Waals surface area contributed by atoms with Crippen molar-refractivity contribution in [2.24, 2.45) is 11.7 Å². The Hall–Kier alpha value is -1.35. The van der Waals surface area contributed by atoms with E-state index in [2.05, 4.69) is 23.5 Å². The smallest absolute Gasteiger partial charge is 0.224 e. The van der Waals surface area contributed by atoms with Crippen molar-refractivity contribution in [3.8, 4) is 0 Å². The Morgan fingerprint density at radius 1 is 1.14 bits per heavy atom. The lowest BCUT2D eigenvalue weighted by Gasteiger charge is -2.20. The van der Waals surface area contributed by atoms with Crippen LogP contribution >= 0.6 is 0 Å². The van der Waals surface area contributed by atoms with Crippen LogP contribution in [0, 0.1) is 5.92 Å². The minimum Gasteiger partial charge on any atom is -0.353 e. The van der Waals surface area contributed by atoms with Crippen LogP contribution in [0.25, 0.3) is 0 Å². The SMILES string of the molecule is NCC1CCCC1NC(=O)Cc1ccc2c(c1)CCCC2. The molecule has 1 aromatic rings. The molecule has 2 unspecified atom stereocenters. The third kappa shape index (κ3) is 3.46. The van der Waals surface area contributed by atoms with E-state index >= 15 is 0 Å². The average molecular weight is 286 g/mol. The molecule has 1 saturated carbocycles. The number of benzene rings is 1. The van der Waals surface area contributed by atoms with E-state index in [-0.39, 0.29) is 5.91 Å². The van der Waals surface area contributed by atoms with E-state index in [9.17, 15) is 4.79 Å². The fourth-order valence-corrected chi connectivity index (χ4v) is 3.85. The number of fused-ring (bicyclic) bond motifs is 1. The lowest BCUT2D eigenvalue weighted by Crippen LogP contribution is -2.40. The topological polar surface area (TPSA) is 55.1 Å². The Bertz CT molecular complexity index is 512. The van der Waals surface area contributed by atoms with Gasteiger partial charge in [0.2, 0.25) is 5.91 Å². The Morgan fingerprint density at radius 2 is 1.95 bits per heavy atom. The summed E-state index contributed by atoms with van der Waals surface area (Å²) in [6.45, 7) is 0.684. The molecular weight excluding hydrogens is 260 g/mol. The maximum atomic E-state index is 12.2. The van der Waals surface area contributed by atoms with Crippen molar-refractivity contribution in [1.29, 1.82) is 0 Å². The molecule has 3 nitrogen and oxygen atoms in total. The van der Waals surface area contributed by atoms with Gasteiger partial charge in [0, 0.05) is 6.04 Å². The molecule has 0 saturated heterocycles. The van der Waals surface area contributed by atoms with Crippen molar-refractivity contribution in [2.45, 2.75) is 57.4 Å². The van der Waals surface area contributed by atoms with Crippen LogP contribution in [-0.4, -0.2) is 18.5 Å². The van der Waals surface area contributed by atoms with Gasteiger partial charge in [0.25, 0.3) is 0 Å². The lowest BCUT2D eigenvalue weighted by molar-refractivity contribution is -0.121. The van der Waals surface area contributed by atoms with Gasteiger partial charge in [-0.3, -0.25) is 4.79 Å². The van der Waals surface area contributed by atoms with Gasteiger partial charge in [0.05, 0.1) is 6.42 Å². The highest BCUT2D eigenvalue weighted by Gasteiger charge is 2.27. The van der Waals surface area contributed by atoms with E-state index in [1.54, 1.807) is 0 Å². The number of hydrogen-bond donors (Lipinski definition) is 2. The van der Waals surface area contributed by atoms with Gasteiger partial charge in [-0.05, 0) is 67.7 Å². The van der Waals surface area contributed by atoms with Gasteiger partial charge in [0.1, 0.15) is 0 Å². The standard InChI is InChI=1S/C18H26N2O/c19-12-16-6-3-7-17(16)20-18(21)11-13-8-9-14-4-1-2-5-15(14)10-13/h8-10,16-17H,1-7,11-12,19H2,(H,20,21). The fraction of sp³-hybridized carbons (Fsp3) is 0.611. The molecule has 1 fully saturated rings. The Balaban J connectivity index is 1.59. The van der Waals surface area contributed by atoms with Crippen molar-refractivity contribution >= 4 is 5.91 Å². The molecule has 2 aliphatic carbocycles. The number of amides is 1. The number of aryl methyl sites for hydroxylation is 2. The maximum absolute atomic E-state index is 12.2. The third-order valence-electron chi connectivity index (χ3n) is 5.09. The van der Waals surface area contributed by atoms with Crippen LogP contribution in [0.3, 0.4) is 0 Å². The van der Waals surface area contributed by atoms with Crippen molar-refractivity contribution in [1.82, 2.24) is 5.32 Å². The molecule has 1 amide bonds. The number of carbonyl (C=O) groups is 1. The molecule has 2 atom stereocenters. The lowest BCUT2D eigenvalue weighted by atomic mass is 9.90.